The van der Waals surface area contributed by atoms with Gasteiger partial charge in [0, 0.05) is 0 Å². The lowest BCUT2D eigenvalue weighted by molar-refractivity contribution is 0.0938. The summed E-state index contributed by atoms with van der Waals surface area (Å²) in [6, 6.07) is 20.0. The van der Waals surface area contributed by atoms with Crippen molar-refractivity contribution in [2.45, 2.75) is 6.54 Å². The van der Waals surface area contributed by atoms with Crippen LogP contribution in [0.3, 0.4) is 0 Å². The zero-order chi connectivity index (χ0) is 20.3. The van der Waals surface area contributed by atoms with E-state index < -0.39 is 0 Å². The van der Waals surface area contributed by atoms with Crippen LogP contribution >= 0.6 is 12.2 Å². The summed E-state index contributed by atoms with van der Waals surface area (Å²) < 4.78 is 16.5. The topological polar surface area (TPSA) is 84.8 Å². The number of hydrazine groups is 1. The number of benzene rings is 2. The highest BCUT2D eigenvalue weighted by molar-refractivity contribution is 7.80. The minimum atomic E-state index is -0.369. The highest BCUT2D eigenvalue weighted by Gasteiger charge is 2.12. The van der Waals surface area contributed by atoms with Gasteiger partial charge in [0.25, 0.3) is 5.91 Å². The molecule has 0 unspecified atom stereocenters. The normalized spacial score (nSPS) is 10.1. The minimum Gasteiger partial charge on any atom is -0.490 e. The maximum atomic E-state index is 12.5. The average molecular weight is 411 g/mol. The van der Waals surface area contributed by atoms with E-state index in [0.717, 1.165) is 11.5 Å². The van der Waals surface area contributed by atoms with Gasteiger partial charge in [-0.2, -0.15) is 0 Å². The number of carbonyl (C=O) groups excluding carboxylic acids is 1. The van der Waals surface area contributed by atoms with Crippen LogP contribution in [-0.2, 0) is 6.54 Å². The summed E-state index contributed by atoms with van der Waals surface area (Å²) in [6.45, 7) is 1.07. The van der Waals surface area contributed by atoms with Gasteiger partial charge in [-0.1, -0.05) is 30.3 Å². The Morgan fingerprint density at radius 3 is 2.45 bits per heavy atom. The van der Waals surface area contributed by atoms with Gasteiger partial charge in [0.1, 0.15) is 30.5 Å². The number of carbonyl (C=O) groups is 1. The second-order valence-electron chi connectivity index (χ2n) is 5.85. The third-order valence-electron chi connectivity index (χ3n) is 3.78. The molecular weight excluding hydrogens is 390 g/mol. The molecule has 0 aliphatic rings. The van der Waals surface area contributed by atoms with Gasteiger partial charge in [-0.15, -0.1) is 0 Å². The molecule has 2 aromatic carbocycles. The molecule has 8 heteroatoms. The number of nitrogens with one attached hydrogen (secondary N) is 3. The Hall–Kier alpha value is -3.52. The number of rotatable bonds is 8. The van der Waals surface area contributed by atoms with Crippen molar-refractivity contribution < 1.29 is 18.7 Å². The molecule has 3 aromatic rings. The van der Waals surface area contributed by atoms with Crippen molar-refractivity contribution in [1.29, 1.82) is 0 Å². The van der Waals surface area contributed by atoms with Crippen LogP contribution in [0.4, 0.5) is 0 Å². The minimum absolute atomic E-state index is 0.268. The zero-order valence-corrected chi connectivity index (χ0v) is 16.4. The average Bonchev–Trinajstić information content (AvgIpc) is 3.28. The molecule has 0 radical (unpaired) electrons. The molecule has 0 saturated heterocycles. The van der Waals surface area contributed by atoms with E-state index in [9.17, 15) is 4.79 Å². The molecule has 3 rings (SSSR count). The summed E-state index contributed by atoms with van der Waals surface area (Å²) >= 11 is 5.13. The van der Waals surface area contributed by atoms with E-state index in [-0.39, 0.29) is 11.0 Å². The molecule has 7 nitrogen and oxygen atoms in total. The number of amides is 1. The van der Waals surface area contributed by atoms with E-state index in [4.69, 9.17) is 26.1 Å². The van der Waals surface area contributed by atoms with E-state index in [1.165, 1.54) is 0 Å². The first-order chi connectivity index (χ1) is 14.2. The van der Waals surface area contributed by atoms with E-state index in [1.54, 1.807) is 36.6 Å². The van der Waals surface area contributed by atoms with E-state index in [2.05, 4.69) is 16.2 Å². The van der Waals surface area contributed by atoms with Crippen LogP contribution in [0.1, 0.15) is 16.1 Å². The van der Waals surface area contributed by atoms with Crippen molar-refractivity contribution in [3.63, 3.8) is 0 Å². The van der Waals surface area contributed by atoms with Crippen LogP contribution in [0.2, 0.25) is 0 Å². The molecule has 1 amide bonds. The largest absolute Gasteiger partial charge is 0.490 e. The third-order valence-corrected chi connectivity index (χ3v) is 4.02. The Kier molecular flexibility index (Phi) is 7.48. The van der Waals surface area contributed by atoms with E-state index in [0.29, 0.717) is 31.1 Å². The standard InChI is InChI=1S/C21H21N3O4S/c25-20(23-24-21(29)22-15-17-9-6-12-26-17)18-10-4-5-11-19(18)28-14-13-27-16-7-2-1-3-8-16/h1-12H,13-15H2,(H,23,25)(H2,22,24,29). The fourth-order valence-corrected chi connectivity index (χ4v) is 2.54. The molecule has 0 aliphatic carbocycles. The zero-order valence-electron chi connectivity index (χ0n) is 15.6. The van der Waals surface area contributed by atoms with Crippen LogP contribution in [0.5, 0.6) is 11.5 Å². The predicted octanol–water partition coefficient (Wildman–Crippen LogP) is 3.05. The number of thiocarbonyl (C=S) groups is 1. The maximum Gasteiger partial charge on any atom is 0.273 e. The number of hydrogen-bond donors (Lipinski definition) is 3. The van der Waals surface area contributed by atoms with Crippen molar-refractivity contribution in [3.05, 3.63) is 84.3 Å². The lowest BCUT2D eigenvalue weighted by Gasteiger charge is -2.14. The fraction of sp³-hybridized carbons (Fsp3) is 0.143. The Balaban J connectivity index is 1.44. The van der Waals surface area contributed by atoms with Crippen molar-refractivity contribution in [1.82, 2.24) is 16.2 Å². The smallest absolute Gasteiger partial charge is 0.273 e. The summed E-state index contributed by atoms with van der Waals surface area (Å²) in [5.41, 5.74) is 5.59. The van der Waals surface area contributed by atoms with Gasteiger partial charge in [0.2, 0.25) is 0 Å². The van der Waals surface area contributed by atoms with Gasteiger partial charge in [-0.3, -0.25) is 15.6 Å². The summed E-state index contributed by atoms with van der Waals surface area (Å²) in [5, 5.41) is 3.20. The second-order valence-corrected chi connectivity index (χ2v) is 6.26. The molecule has 0 atom stereocenters. The molecule has 3 N–H and O–H groups in total. The van der Waals surface area contributed by atoms with Crippen molar-refractivity contribution >= 4 is 23.2 Å². The number of hydrogen-bond acceptors (Lipinski definition) is 5. The molecule has 0 spiro atoms. The number of furan rings is 1. The van der Waals surface area contributed by atoms with Gasteiger partial charge in [-0.05, 0) is 48.6 Å². The lowest BCUT2D eigenvalue weighted by Crippen LogP contribution is -2.46. The Morgan fingerprint density at radius 2 is 1.66 bits per heavy atom. The highest BCUT2D eigenvalue weighted by atomic mass is 32.1. The Labute approximate surface area is 174 Å². The number of ether oxygens (including phenoxy) is 2. The van der Waals surface area contributed by atoms with Gasteiger partial charge < -0.3 is 19.2 Å². The quantitative estimate of drug-likeness (QED) is 0.298. The van der Waals surface area contributed by atoms with Crippen molar-refractivity contribution in [2.24, 2.45) is 0 Å². The molecule has 0 aliphatic heterocycles. The first-order valence-electron chi connectivity index (χ1n) is 8.98. The van der Waals surface area contributed by atoms with Crippen LogP contribution in [0.15, 0.2) is 77.4 Å². The summed E-state index contributed by atoms with van der Waals surface area (Å²) in [4.78, 5) is 12.5. The molecule has 29 heavy (non-hydrogen) atoms. The molecule has 0 fully saturated rings. The molecule has 0 saturated carbocycles. The molecule has 0 bridgehead atoms. The van der Waals surface area contributed by atoms with Crippen molar-refractivity contribution in [2.75, 3.05) is 13.2 Å². The maximum absolute atomic E-state index is 12.5. The summed E-state index contributed by atoms with van der Waals surface area (Å²) in [5.74, 6) is 1.59. The van der Waals surface area contributed by atoms with Gasteiger partial charge in [0.15, 0.2) is 5.11 Å². The Morgan fingerprint density at radius 1 is 0.897 bits per heavy atom. The first kappa shape index (κ1) is 20.2. The summed E-state index contributed by atoms with van der Waals surface area (Å²) in [6.07, 6.45) is 1.58. The monoisotopic (exact) mass is 411 g/mol. The molecular formula is C21H21N3O4S. The van der Waals surface area contributed by atoms with Crippen molar-refractivity contribution in [3.8, 4) is 11.5 Å². The third kappa shape index (κ3) is 6.54. The van der Waals surface area contributed by atoms with Crippen LogP contribution < -0.4 is 25.6 Å². The molecule has 1 heterocycles. The predicted molar refractivity (Wildman–Crippen MR) is 113 cm³/mol. The van der Waals surface area contributed by atoms with Crippen LogP contribution in [0.25, 0.3) is 0 Å². The van der Waals surface area contributed by atoms with E-state index >= 15 is 0 Å². The van der Waals surface area contributed by atoms with Gasteiger partial charge in [0.05, 0.1) is 18.4 Å². The lowest BCUT2D eigenvalue weighted by atomic mass is 10.2. The van der Waals surface area contributed by atoms with Gasteiger partial charge >= 0.3 is 0 Å². The second kappa shape index (κ2) is 10.7. The highest BCUT2D eigenvalue weighted by Crippen LogP contribution is 2.17. The molecule has 1 aromatic heterocycles. The Bertz CT molecular complexity index is 917. The van der Waals surface area contributed by atoms with Crippen LogP contribution in [-0.4, -0.2) is 24.2 Å². The van der Waals surface area contributed by atoms with E-state index in [1.807, 2.05) is 36.4 Å². The fourth-order valence-electron chi connectivity index (χ4n) is 2.41. The van der Waals surface area contributed by atoms with Gasteiger partial charge in [-0.25, -0.2) is 0 Å². The molecule has 150 valence electrons. The first-order valence-corrected chi connectivity index (χ1v) is 9.39. The van der Waals surface area contributed by atoms with Crippen LogP contribution in [0, 0.1) is 0 Å². The number of para-hydroxylation sites is 2. The summed E-state index contributed by atoms with van der Waals surface area (Å²) in [7, 11) is 0. The SMILES string of the molecule is O=C(NNC(=S)NCc1ccco1)c1ccccc1OCCOc1ccccc1.